The predicted molar refractivity (Wildman–Crippen MR) is 50.9 cm³/mol. The van der Waals surface area contributed by atoms with Crippen LogP contribution in [0.25, 0.3) is 0 Å². The Hall–Kier alpha value is 1.59. The Morgan fingerprint density at radius 2 is 1.25 bits per heavy atom. The summed E-state index contributed by atoms with van der Waals surface area (Å²) < 4.78 is 13.0. The molecule has 0 saturated heterocycles. The molecule has 0 amide bonds. The summed E-state index contributed by atoms with van der Waals surface area (Å²) in [5.41, 5.74) is 0. The Labute approximate surface area is 75.4 Å². The first-order valence-electron chi connectivity index (χ1n) is 1.93. The van der Waals surface area contributed by atoms with Crippen LogP contribution in [0.2, 0.25) is 0 Å². The van der Waals surface area contributed by atoms with Crippen molar-refractivity contribution in [2.75, 3.05) is 14.0 Å². The van der Waals surface area contributed by atoms with Gasteiger partial charge in [-0.25, -0.2) is 0 Å². The zero-order chi connectivity index (χ0) is 6.62. The molecule has 0 heterocycles. The van der Waals surface area contributed by atoms with Crippen molar-refractivity contribution in [3.63, 3.8) is 0 Å². The molecule has 8 heavy (non-hydrogen) atoms. The highest BCUT2D eigenvalue weighted by molar-refractivity contribution is 9.15. The van der Waals surface area contributed by atoms with Gasteiger partial charge < -0.3 is 0 Å². The summed E-state index contributed by atoms with van der Waals surface area (Å²) in [5.74, 6) is 0. The average molecular weight is 331 g/mol. The van der Waals surface area contributed by atoms with Crippen LogP contribution < -0.4 is 0 Å². The Kier molecular flexibility index (Phi) is 5.29. The van der Waals surface area contributed by atoms with Crippen LogP contribution in [-0.2, 0) is 9.93 Å². The first-order valence-corrected chi connectivity index (χ1v) is 7.56. The Morgan fingerprint density at radius 3 is 1.25 bits per heavy atom. The van der Waals surface area contributed by atoms with Gasteiger partial charge in [0.1, 0.15) is 0 Å². The number of alkyl halides is 3. The minimum absolute atomic E-state index is 0.594. The molecule has 0 aromatic carbocycles. The largest absolute Gasteiger partial charge is 0.282 e. The van der Waals surface area contributed by atoms with Crippen LogP contribution in [0.3, 0.4) is 0 Å². The number of hydrogen-bond acceptors (Lipinski definition) is 1. The maximum Gasteiger partial charge on any atom is 0.0584 e. The fraction of sp³-hybridized carbons (Fsp3) is 1.00. The van der Waals surface area contributed by atoms with Gasteiger partial charge in [-0.15, -0.1) is 0 Å². The molecule has 0 rings (SSSR count). The van der Waals surface area contributed by atoms with E-state index in [2.05, 4.69) is 47.8 Å². The van der Waals surface area contributed by atoms with Gasteiger partial charge in [0, 0.05) is 0 Å². The number of halogens is 3. The van der Waals surface area contributed by atoms with E-state index in [9.17, 15) is 4.21 Å². The fourth-order valence-electron chi connectivity index (χ4n) is 0.0958. The maximum absolute atomic E-state index is 11.2. The van der Waals surface area contributed by atoms with Crippen LogP contribution >= 0.6 is 47.8 Å². The number of thiol groups is 1. The standard InChI is InChI=1S/C3H7Br3OS/c4-1-8(7,2-5)3-6/h8H,1-3H2. The Balaban J connectivity index is 3.79. The third kappa shape index (κ3) is 2.94. The highest BCUT2D eigenvalue weighted by Crippen LogP contribution is 2.13. The second-order valence-corrected chi connectivity index (χ2v) is 8.76. The summed E-state index contributed by atoms with van der Waals surface area (Å²) in [6, 6.07) is 0. The third-order valence-electron chi connectivity index (χ3n) is 0.653. The van der Waals surface area contributed by atoms with E-state index in [1.807, 2.05) is 0 Å². The van der Waals surface area contributed by atoms with Crippen LogP contribution in [0.1, 0.15) is 0 Å². The summed E-state index contributed by atoms with van der Waals surface area (Å²) >= 11 is 9.51. The molecule has 0 aromatic heterocycles. The summed E-state index contributed by atoms with van der Waals surface area (Å²) in [6.07, 6.45) is 0. The molecule has 0 unspecified atom stereocenters. The van der Waals surface area contributed by atoms with Crippen LogP contribution in [0.5, 0.6) is 0 Å². The molecule has 0 bridgehead atoms. The second-order valence-electron chi connectivity index (χ2n) is 1.42. The van der Waals surface area contributed by atoms with Crippen molar-refractivity contribution in [2.24, 2.45) is 0 Å². The van der Waals surface area contributed by atoms with Gasteiger partial charge in [0.25, 0.3) is 0 Å². The molecule has 0 N–H and O–H groups in total. The first kappa shape index (κ1) is 9.59. The van der Waals surface area contributed by atoms with E-state index in [4.69, 9.17) is 0 Å². The van der Waals surface area contributed by atoms with Crippen molar-refractivity contribution in [1.82, 2.24) is 0 Å². The Morgan fingerprint density at radius 1 is 1.00 bits per heavy atom. The van der Waals surface area contributed by atoms with E-state index < -0.39 is 9.93 Å². The van der Waals surface area contributed by atoms with Crippen molar-refractivity contribution in [2.45, 2.75) is 0 Å². The maximum atomic E-state index is 11.2. The fourth-order valence-corrected chi connectivity index (χ4v) is 7.76. The zero-order valence-electron chi connectivity index (χ0n) is 4.11. The van der Waals surface area contributed by atoms with Gasteiger partial charge in [-0.1, -0.05) is 57.7 Å². The number of rotatable bonds is 3. The van der Waals surface area contributed by atoms with Crippen molar-refractivity contribution in [1.29, 1.82) is 0 Å². The molecule has 5 heteroatoms. The average Bonchev–Trinajstić information content (AvgIpc) is 1.87. The molecule has 0 aromatic rings. The van der Waals surface area contributed by atoms with E-state index in [-0.39, 0.29) is 0 Å². The van der Waals surface area contributed by atoms with Crippen molar-refractivity contribution in [3.05, 3.63) is 0 Å². The molecule has 0 saturated carbocycles. The van der Waals surface area contributed by atoms with Crippen molar-refractivity contribution >= 4 is 57.7 Å². The summed E-state index contributed by atoms with van der Waals surface area (Å²) in [5, 5.41) is 0. The molecular formula is C3H7Br3OS. The van der Waals surface area contributed by atoms with E-state index in [0.717, 1.165) is 0 Å². The monoisotopic (exact) mass is 328 g/mol. The minimum Gasteiger partial charge on any atom is -0.282 e. The lowest BCUT2D eigenvalue weighted by Crippen LogP contribution is -2.14. The third-order valence-corrected chi connectivity index (χ3v) is 10.2. The van der Waals surface area contributed by atoms with Gasteiger partial charge in [-0.05, 0) is 0 Å². The summed E-state index contributed by atoms with van der Waals surface area (Å²) in [4.78, 5) is 0. The minimum atomic E-state index is -1.91. The predicted octanol–water partition coefficient (Wildman–Crippen LogP) is 2.06. The molecule has 0 spiro atoms. The molecule has 0 atom stereocenters. The zero-order valence-corrected chi connectivity index (χ0v) is 9.76. The molecule has 52 valence electrons. The molecule has 0 aliphatic carbocycles. The van der Waals surface area contributed by atoms with Crippen molar-refractivity contribution < 1.29 is 4.21 Å². The molecular weight excluding hydrogens is 324 g/mol. The van der Waals surface area contributed by atoms with Crippen LogP contribution in [0.4, 0.5) is 0 Å². The lowest BCUT2D eigenvalue weighted by atomic mass is 11.8. The lowest BCUT2D eigenvalue weighted by Gasteiger charge is -2.12. The number of hydrogen-bond donors (Lipinski definition) is 1. The van der Waals surface area contributed by atoms with E-state index in [0.29, 0.717) is 14.0 Å². The summed E-state index contributed by atoms with van der Waals surface area (Å²) in [7, 11) is -1.91. The molecule has 0 fully saturated rings. The van der Waals surface area contributed by atoms with Gasteiger partial charge in [0.2, 0.25) is 0 Å². The van der Waals surface area contributed by atoms with Gasteiger partial charge in [-0.2, -0.15) is 0 Å². The molecule has 0 aliphatic rings. The van der Waals surface area contributed by atoms with E-state index in [1.54, 1.807) is 0 Å². The first-order chi connectivity index (χ1) is 3.68. The molecule has 1 nitrogen and oxygen atoms in total. The second kappa shape index (κ2) is 4.41. The van der Waals surface area contributed by atoms with Gasteiger partial charge in [-0.3, -0.25) is 4.21 Å². The van der Waals surface area contributed by atoms with Gasteiger partial charge >= 0.3 is 0 Å². The van der Waals surface area contributed by atoms with E-state index >= 15 is 0 Å². The topological polar surface area (TPSA) is 17.1 Å². The lowest BCUT2D eigenvalue weighted by molar-refractivity contribution is 0.681. The van der Waals surface area contributed by atoms with E-state index in [1.165, 1.54) is 0 Å². The summed E-state index contributed by atoms with van der Waals surface area (Å²) in [6.45, 7) is 0. The van der Waals surface area contributed by atoms with Crippen LogP contribution in [0, 0.1) is 0 Å². The molecule has 0 aliphatic heterocycles. The highest BCUT2D eigenvalue weighted by Gasteiger charge is 2.08. The highest BCUT2D eigenvalue weighted by atomic mass is 79.9. The quantitative estimate of drug-likeness (QED) is 0.619. The van der Waals surface area contributed by atoms with Crippen molar-refractivity contribution in [3.8, 4) is 0 Å². The van der Waals surface area contributed by atoms with Crippen LogP contribution in [0.15, 0.2) is 0 Å². The van der Waals surface area contributed by atoms with Gasteiger partial charge in [0.15, 0.2) is 0 Å². The SMILES string of the molecule is O=[SH](CBr)(CBr)CBr. The Bertz CT molecular complexity index is 85.7. The smallest absolute Gasteiger partial charge is 0.0584 e. The normalized spacial score (nSPS) is 13.9. The van der Waals surface area contributed by atoms with Crippen LogP contribution in [-0.4, -0.2) is 18.2 Å². The molecule has 0 radical (unpaired) electrons. The van der Waals surface area contributed by atoms with Gasteiger partial charge in [0.05, 0.1) is 14.0 Å².